The fraction of sp³-hybridized carbons (Fsp3) is 0.231. The Hall–Kier alpha value is -2.70. The van der Waals surface area contributed by atoms with Crippen molar-refractivity contribution in [3.05, 3.63) is 52.1 Å². The fourth-order valence-corrected chi connectivity index (χ4v) is 1.98. The first-order chi connectivity index (χ1) is 9.54. The zero-order chi connectivity index (χ0) is 14.7. The lowest BCUT2D eigenvalue weighted by atomic mass is 10.1. The van der Waals surface area contributed by atoms with Crippen molar-refractivity contribution in [2.24, 2.45) is 0 Å². The summed E-state index contributed by atoms with van der Waals surface area (Å²) >= 11 is 0. The zero-order valence-electron chi connectivity index (χ0n) is 10.8. The Kier molecular flexibility index (Phi) is 3.79. The Labute approximate surface area is 114 Å². The summed E-state index contributed by atoms with van der Waals surface area (Å²) in [6.45, 7) is 1.99. The first-order valence-electron chi connectivity index (χ1n) is 6.09. The molecule has 0 saturated heterocycles. The van der Waals surface area contributed by atoms with Crippen LogP contribution in [0.15, 0.2) is 30.6 Å². The summed E-state index contributed by atoms with van der Waals surface area (Å²) in [5, 5.41) is 20.0. The minimum atomic E-state index is -1.21. The SMILES string of the molecule is CCCc1nccn1-c1ccc([N+](=O)[O-])cc1C(=O)O. The van der Waals surface area contributed by atoms with Gasteiger partial charge >= 0.3 is 5.97 Å². The number of non-ortho nitro benzene ring substituents is 1. The van der Waals surface area contributed by atoms with Crippen molar-refractivity contribution in [3.8, 4) is 5.69 Å². The molecule has 1 aromatic carbocycles. The topological polar surface area (TPSA) is 98.3 Å². The third-order valence-electron chi connectivity index (χ3n) is 2.87. The molecular weight excluding hydrogens is 262 g/mol. The van der Waals surface area contributed by atoms with Crippen LogP contribution in [0, 0.1) is 10.1 Å². The molecule has 2 rings (SSSR count). The predicted molar refractivity (Wildman–Crippen MR) is 71.2 cm³/mol. The van der Waals surface area contributed by atoms with Gasteiger partial charge in [0, 0.05) is 30.9 Å². The van der Waals surface area contributed by atoms with Crippen LogP contribution in [0.5, 0.6) is 0 Å². The number of nitro groups is 1. The van der Waals surface area contributed by atoms with Crippen LogP contribution < -0.4 is 0 Å². The molecule has 0 fully saturated rings. The second-order valence-electron chi connectivity index (χ2n) is 4.23. The van der Waals surface area contributed by atoms with E-state index in [0.29, 0.717) is 12.1 Å². The van der Waals surface area contributed by atoms with Crippen LogP contribution in [0.2, 0.25) is 0 Å². The second-order valence-corrected chi connectivity index (χ2v) is 4.23. The number of aromatic carboxylic acids is 1. The lowest BCUT2D eigenvalue weighted by Crippen LogP contribution is -2.08. The van der Waals surface area contributed by atoms with Gasteiger partial charge in [-0.15, -0.1) is 0 Å². The maximum atomic E-state index is 11.3. The molecule has 0 radical (unpaired) electrons. The number of hydrogen-bond acceptors (Lipinski definition) is 4. The summed E-state index contributed by atoms with van der Waals surface area (Å²) in [4.78, 5) is 25.6. The molecule has 2 aromatic rings. The molecule has 0 aliphatic rings. The van der Waals surface area contributed by atoms with Gasteiger partial charge in [-0.05, 0) is 12.5 Å². The number of imidazole rings is 1. The van der Waals surface area contributed by atoms with Crippen LogP contribution >= 0.6 is 0 Å². The van der Waals surface area contributed by atoms with Crippen molar-refractivity contribution in [1.82, 2.24) is 9.55 Å². The minimum absolute atomic E-state index is 0.116. The van der Waals surface area contributed by atoms with Crippen LogP contribution in [-0.4, -0.2) is 25.6 Å². The summed E-state index contributed by atoms with van der Waals surface area (Å²) in [6.07, 6.45) is 4.80. The van der Waals surface area contributed by atoms with Gasteiger partial charge in [0.15, 0.2) is 0 Å². The van der Waals surface area contributed by atoms with Crippen LogP contribution in [-0.2, 0) is 6.42 Å². The fourth-order valence-electron chi connectivity index (χ4n) is 1.98. The molecule has 1 aromatic heterocycles. The Balaban J connectivity index is 2.58. The van der Waals surface area contributed by atoms with Gasteiger partial charge in [-0.25, -0.2) is 9.78 Å². The van der Waals surface area contributed by atoms with Gasteiger partial charge in [0.25, 0.3) is 5.69 Å². The average molecular weight is 275 g/mol. The average Bonchev–Trinajstić information content (AvgIpc) is 2.86. The number of nitrogens with zero attached hydrogens (tertiary/aromatic N) is 3. The van der Waals surface area contributed by atoms with Crippen molar-refractivity contribution in [1.29, 1.82) is 0 Å². The molecule has 0 aliphatic carbocycles. The number of hydrogen-bond donors (Lipinski definition) is 1. The Morgan fingerprint density at radius 3 is 2.85 bits per heavy atom. The van der Waals surface area contributed by atoms with E-state index >= 15 is 0 Å². The van der Waals surface area contributed by atoms with Gasteiger partial charge in [-0.2, -0.15) is 0 Å². The molecular formula is C13H13N3O4. The summed E-state index contributed by atoms with van der Waals surface area (Å²) in [5.41, 5.74) is 0.0157. The van der Waals surface area contributed by atoms with Crippen molar-refractivity contribution in [2.45, 2.75) is 19.8 Å². The van der Waals surface area contributed by atoms with Crippen molar-refractivity contribution in [2.75, 3.05) is 0 Å². The van der Waals surface area contributed by atoms with Crippen LogP contribution in [0.4, 0.5) is 5.69 Å². The van der Waals surface area contributed by atoms with E-state index in [9.17, 15) is 20.0 Å². The maximum absolute atomic E-state index is 11.3. The molecule has 1 N–H and O–H groups in total. The highest BCUT2D eigenvalue weighted by atomic mass is 16.6. The summed E-state index contributed by atoms with van der Waals surface area (Å²) < 4.78 is 1.65. The van der Waals surface area contributed by atoms with E-state index in [2.05, 4.69) is 4.98 Å². The first-order valence-corrected chi connectivity index (χ1v) is 6.09. The van der Waals surface area contributed by atoms with Gasteiger partial charge < -0.3 is 9.67 Å². The van der Waals surface area contributed by atoms with E-state index < -0.39 is 10.9 Å². The molecule has 0 aliphatic heterocycles. The van der Waals surface area contributed by atoms with Crippen molar-refractivity contribution < 1.29 is 14.8 Å². The number of aryl methyl sites for hydroxylation is 1. The van der Waals surface area contributed by atoms with E-state index in [1.165, 1.54) is 12.1 Å². The standard InChI is InChI=1S/C13H13N3O4/c1-2-3-12-14-6-7-15(12)11-5-4-9(16(19)20)8-10(11)13(17)18/h4-8H,2-3H2,1H3,(H,17,18). The highest BCUT2D eigenvalue weighted by molar-refractivity contribution is 5.92. The van der Waals surface area contributed by atoms with Crippen molar-refractivity contribution >= 4 is 11.7 Å². The number of rotatable bonds is 5. The molecule has 7 nitrogen and oxygen atoms in total. The van der Waals surface area contributed by atoms with Gasteiger partial charge in [0.05, 0.1) is 16.2 Å². The Morgan fingerprint density at radius 2 is 2.25 bits per heavy atom. The van der Waals surface area contributed by atoms with E-state index in [0.717, 1.165) is 18.3 Å². The lowest BCUT2D eigenvalue weighted by molar-refractivity contribution is -0.384. The van der Waals surface area contributed by atoms with E-state index in [-0.39, 0.29) is 11.3 Å². The normalized spacial score (nSPS) is 10.4. The molecule has 0 amide bonds. The van der Waals surface area contributed by atoms with Crippen LogP contribution in [0.1, 0.15) is 29.5 Å². The Morgan fingerprint density at radius 1 is 1.50 bits per heavy atom. The minimum Gasteiger partial charge on any atom is -0.478 e. The Bertz CT molecular complexity index is 663. The first kappa shape index (κ1) is 13.7. The largest absolute Gasteiger partial charge is 0.478 e. The molecule has 7 heteroatoms. The molecule has 0 atom stereocenters. The molecule has 1 heterocycles. The second kappa shape index (κ2) is 5.52. The van der Waals surface area contributed by atoms with Gasteiger partial charge in [-0.3, -0.25) is 10.1 Å². The maximum Gasteiger partial charge on any atom is 0.338 e. The van der Waals surface area contributed by atoms with Gasteiger partial charge in [0.1, 0.15) is 5.82 Å². The molecule has 0 bridgehead atoms. The molecule has 0 saturated carbocycles. The summed E-state index contributed by atoms with van der Waals surface area (Å²) in [5.74, 6) is -0.483. The predicted octanol–water partition coefficient (Wildman–Crippen LogP) is 2.43. The number of carboxylic acid groups (broad SMARTS) is 1. The highest BCUT2D eigenvalue weighted by Gasteiger charge is 2.18. The quantitative estimate of drug-likeness (QED) is 0.667. The molecule has 20 heavy (non-hydrogen) atoms. The molecule has 0 spiro atoms. The molecule has 104 valence electrons. The monoisotopic (exact) mass is 275 g/mol. The van der Waals surface area contributed by atoms with Crippen LogP contribution in [0.25, 0.3) is 5.69 Å². The van der Waals surface area contributed by atoms with Crippen LogP contribution in [0.3, 0.4) is 0 Å². The van der Waals surface area contributed by atoms with E-state index in [1.807, 2.05) is 6.92 Å². The van der Waals surface area contributed by atoms with E-state index in [1.54, 1.807) is 17.0 Å². The zero-order valence-corrected chi connectivity index (χ0v) is 10.8. The molecule has 0 unspecified atom stereocenters. The highest BCUT2D eigenvalue weighted by Crippen LogP contribution is 2.22. The van der Waals surface area contributed by atoms with Crippen molar-refractivity contribution in [3.63, 3.8) is 0 Å². The van der Waals surface area contributed by atoms with Gasteiger partial charge in [-0.1, -0.05) is 6.92 Å². The number of benzene rings is 1. The number of nitro benzene ring substituents is 1. The summed E-state index contributed by atoms with van der Waals surface area (Å²) in [7, 11) is 0. The third kappa shape index (κ3) is 2.51. The number of aromatic nitrogens is 2. The van der Waals surface area contributed by atoms with Gasteiger partial charge in [0.2, 0.25) is 0 Å². The van der Waals surface area contributed by atoms with E-state index in [4.69, 9.17) is 0 Å². The third-order valence-corrected chi connectivity index (χ3v) is 2.87. The lowest BCUT2D eigenvalue weighted by Gasteiger charge is -2.10. The smallest absolute Gasteiger partial charge is 0.338 e. The number of carbonyl (C=O) groups is 1. The number of carboxylic acids is 1. The summed E-state index contributed by atoms with van der Waals surface area (Å²) in [6, 6.07) is 3.79.